The highest BCUT2D eigenvalue weighted by Crippen LogP contribution is 2.54. The van der Waals surface area contributed by atoms with E-state index in [1.165, 1.54) is 0 Å². The summed E-state index contributed by atoms with van der Waals surface area (Å²) in [5.74, 6) is 0.165. The highest BCUT2D eigenvalue weighted by atomic mass is 16.5. The number of carboxylic acid groups (broad SMARTS) is 1. The second kappa shape index (κ2) is 8.78. The zero-order valence-electron chi connectivity index (χ0n) is 17.5. The fraction of sp³-hybridized carbons (Fsp3) is 0.480. The predicted octanol–water partition coefficient (Wildman–Crippen LogP) is 4.94. The van der Waals surface area contributed by atoms with Crippen LogP contribution in [0.4, 0.5) is 0 Å². The minimum Gasteiger partial charge on any atom is -0.486 e. The van der Waals surface area contributed by atoms with Gasteiger partial charge in [-0.1, -0.05) is 48.5 Å². The molecule has 2 aromatic rings. The van der Waals surface area contributed by atoms with Crippen LogP contribution in [0.25, 0.3) is 11.1 Å². The Morgan fingerprint density at radius 2 is 1.97 bits per heavy atom. The Bertz CT molecular complexity index is 884. The first-order chi connectivity index (χ1) is 14.5. The molecule has 0 aromatic heterocycles. The molecular weight excluding hydrogens is 378 g/mol. The Morgan fingerprint density at radius 3 is 2.70 bits per heavy atom. The molecule has 30 heavy (non-hydrogen) atoms. The molecule has 160 valence electrons. The molecule has 2 aliphatic rings. The first-order valence-electron chi connectivity index (χ1n) is 11.0. The van der Waals surface area contributed by atoms with Crippen molar-refractivity contribution in [3.63, 3.8) is 0 Å². The van der Waals surface area contributed by atoms with E-state index in [0.717, 1.165) is 48.1 Å². The summed E-state index contributed by atoms with van der Waals surface area (Å²) < 4.78 is 13.3. The van der Waals surface area contributed by atoms with Crippen LogP contribution in [0.15, 0.2) is 48.5 Å². The van der Waals surface area contributed by atoms with E-state index in [4.69, 9.17) is 15.2 Å². The molecule has 2 heterocycles. The number of carbonyl (C=O) groups is 1. The molecule has 3 N–H and O–H groups in total. The van der Waals surface area contributed by atoms with Gasteiger partial charge in [-0.2, -0.15) is 0 Å². The summed E-state index contributed by atoms with van der Waals surface area (Å²) in [7, 11) is 0. The fourth-order valence-electron chi connectivity index (χ4n) is 5.00. The maximum Gasteiger partial charge on any atom is 0.303 e. The van der Waals surface area contributed by atoms with Crippen LogP contribution in [0.3, 0.4) is 0 Å². The van der Waals surface area contributed by atoms with Gasteiger partial charge in [0.25, 0.3) is 0 Å². The Morgan fingerprint density at radius 1 is 1.17 bits per heavy atom. The van der Waals surface area contributed by atoms with E-state index >= 15 is 0 Å². The summed E-state index contributed by atoms with van der Waals surface area (Å²) in [6.45, 7) is 2.73. The number of para-hydroxylation sites is 1. The highest BCUT2D eigenvalue weighted by molar-refractivity contribution is 5.73. The van der Waals surface area contributed by atoms with Crippen LogP contribution < -0.4 is 10.5 Å². The Labute approximate surface area is 178 Å². The molecule has 5 heteroatoms. The van der Waals surface area contributed by atoms with Crippen LogP contribution in [0.5, 0.6) is 5.75 Å². The standard InChI is InChI=1S/C25H31NO4/c1-25(15-14-22(27)28)21-13-12-18(9-6-16-26)29-24(21)20-11-5-10-19(23(20)30-25)17-7-3-2-4-8-17/h2-5,7-8,10-11,18,21,24H,6,9,12-16,26H2,1H3,(H,27,28)/t18-,21-,24+,25+/m1/s1. The Kier molecular flexibility index (Phi) is 6.11. The molecule has 0 bridgehead atoms. The van der Waals surface area contributed by atoms with Crippen molar-refractivity contribution >= 4 is 5.97 Å². The first-order valence-corrected chi connectivity index (χ1v) is 11.0. The van der Waals surface area contributed by atoms with Gasteiger partial charge >= 0.3 is 5.97 Å². The molecule has 0 unspecified atom stereocenters. The number of aliphatic carboxylic acids is 1. The molecule has 4 rings (SSSR count). The summed E-state index contributed by atoms with van der Waals surface area (Å²) in [5, 5.41) is 9.32. The molecule has 4 atom stereocenters. The van der Waals surface area contributed by atoms with Crippen LogP contribution in [-0.2, 0) is 9.53 Å². The van der Waals surface area contributed by atoms with Gasteiger partial charge in [0, 0.05) is 23.5 Å². The summed E-state index contributed by atoms with van der Waals surface area (Å²) >= 11 is 0. The average Bonchev–Trinajstić information content (AvgIpc) is 2.77. The quantitative estimate of drug-likeness (QED) is 0.676. The van der Waals surface area contributed by atoms with Crippen molar-refractivity contribution < 1.29 is 19.4 Å². The van der Waals surface area contributed by atoms with Crippen LogP contribution in [0.2, 0.25) is 0 Å². The van der Waals surface area contributed by atoms with Crippen molar-refractivity contribution in [3.05, 3.63) is 54.1 Å². The number of rotatable bonds is 7. The minimum atomic E-state index is -0.795. The molecule has 0 aliphatic carbocycles. The Hall–Kier alpha value is -2.37. The lowest BCUT2D eigenvalue weighted by molar-refractivity contribution is -0.162. The van der Waals surface area contributed by atoms with E-state index in [9.17, 15) is 9.90 Å². The van der Waals surface area contributed by atoms with Crippen LogP contribution in [-0.4, -0.2) is 29.3 Å². The number of fused-ring (bicyclic) bond motifs is 3. The largest absolute Gasteiger partial charge is 0.486 e. The number of carboxylic acids is 1. The van der Waals surface area contributed by atoms with Crippen LogP contribution >= 0.6 is 0 Å². The van der Waals surface area contributed by atoms with Gasteiger partial charge in [0.2, 0.25) is 0 Å². The predicted molar refractivity (Wildman–Crippen MR) is 116 cm³/mol. The highest BCUT2D eigenvalue weighted by Gasteiger charge is 2.50. The zero-order valence-corrected chi connectivity index (χ0v) is 17.5. The molecular formula is C25H31NO4. The molecule has 0 spiro atoms. The number of hydrogen-bond acceptors (Lipinski definition) is 4. The third-order valence-corrected chi connectivity index (χ3v) is 6.63. The zero-order chi connectivity index (χ0) is 21.1. The summed E-state index contributed by atoms with van der Waals surface area (Å²) in [5.41, 5.74) is 8.33. The van der Waals surface area contributed by atoms with Gasteiger partial charge in [0.05, 0.1) is 12.2 Å². The number of nitrogens with two attached hydrogens (primary N) is 1. The maximum absolute atomic E-state index is 11.3. The topological polar surface area (TPSA) is 81.8 Å². The summed E-state index contributed by atoms with van der Waals surface area (Å²) in [6, 6.07) is 16.4. The number of ether oxygens (including phenoxy) is 2. The molecule has 2 aromatic carbocycles. The maximum atomic E-state index is 11.3. The van der Waals surface area contributed by atoms with Gasteiger partial charge in [-0.15, -0.1) is 0 Å². The van der Waals surface area contributed by atoms with Crippen LogP contribution in [0.1, 0.15) is 57.1 Å². The lowest BCUT2D eigenvalue weighted by Crippen LogP contribution is -2.50. The second-order valence-corrected chi connectivity index (χ2v) is 8.69. The number of benzene rings is 2. The van der Waals surface area contributed by atoms with E-state index < -0.39 is 11.6 Å². The summed E-state index contributed by atoms with van der Waals surface area (Å²) in [4.78, 5) is 11.3. The van der Waals surface area contributed by atoms with E-state index in [0.29, 0.717) is 13.0 Å². The fourth-order valence-corrected chi connectivity index (χ4v) is 5.00. The van der Waals surface area contributed by atoms with Gasteiger partial charge in [-0.25, -0.2) is 0 Å². The third-order valence-electron chi connectivity index (χ3n) is 6.63. The third kappa shape index (κ3) is 4.09. The SMILES string of the molecule is C[C@@]1(CCC(=O)O)Oc2c(-c3ccccc3)cccc2[C@@H]2O[C@H](CCCN)CC[C@H]21. The monoisotopic (exact) mass is 409 g/mol. The average molecular weight is 410 g/mol. The van der Waals surface area contributed by atoms with E-state index in [1.54, 1.807) is 0 Å². The van der Waals surface area contributed by atoms with Crippen molar-refractivity contribution in [3.8, 4) is 16.9 Å². The van der Waals surface area contributed by atoms with Gasteiger partial charge in [0.15, 0.2) is 0 Å². The van der Waals surface area contributed by atoms with Crippen molar-refractivity contribution in [1.82, 2.24) is 0 Å². The smallest absolute Gasteiger partial charge is 0.303 e. The lowest BCUT2D eigenvalue weighted by Gasteiger charge is -2.50. The molecule has 5 nitrogen and oxygen atoms in total. The molecule has 1 fully saturated rings. The van der Waals surface area contributed by atoms with Gasteiger partial charge < -0.3 is 20.3 Å². The second-order valence-electron chi connectivity index (χ2n) is 8.69. The van der Waals surface area contributed by atoms with Crippen molar-refractivity contribution in [1.29, 1.82) is 0 Å². The van der Waals surface area contributed by atoms with Gasteiger partial charge in [-0.3, -0.25) is 4.79 Å². The van der Waals surface area contributed by atoms with Crippen molar-refractivity contribution in [2.45, 2.75) is 63.3 Å². The van der Waals surface area contributed by atoms with E-state index in [-0.39, 0.29) is 24.5 Å². The molecule has 0 saturated carbocycles. The van der Waals surface area contributed by atoms with Gasteiger partial charge in [-0.05, 0) is 51.1 Å². The van der Waals surface area contributed by atoms with Gasteiger partial charge in [0.1, 0.15) is 11.4 Å². The molecule has 0 radical (unpaired) electrons. The molecule has 0 amide bonds. The van der Waals surface area contributed by atoms with E-state index in [1.807, 2.05) is 18.2 Å². The van der Waals surface area contributed by atoms with Crippen molar-refractivity contribution in [2.75, 3.05) is 6.54 Å². The molecule has 1 saturated heterocycles. The van der Waals surface area contributed by atoms with Crippen molar-refractivity contribution in [2.24, 2.45) is 11.7 Å². The minimum absolute atomic E-state index is 0.0825. The van der Waals surface area contributed by atoms with E-state index in [2.05, 4.69) is 37.3 Å². The summed E-state index contributed by atoms with van der Waals surface area (Å²) in [6.07, 6.45) is 4.47. The Balaban J connectivity index is 1.75. The normalized spacial score (nSPS) is 27.6. The van der Waals surface area contributed by atoms with Crippen LogP contribution in [0, 0.1) is 5.92 Å². The lowest BCUT2D eigenvalue weighted by atomic mass is 9.71. The molecule has 2 aliphatic heterocycles. The first kappa shape index (κ1) is 20.9. The number of hydrogen-bond donors (Lipinski definition) is 2.